The van der Waals surface area contributed by atoms with Crippen LogP contribution in [0.25, 0.3) is 5.13 Å². The molecule has 1 N–H and O–H groups in total. The van der Waals surface area contributed by atoms with Gasteiger partial charge < -0.3 is 0 Å². The Morgan fingerprint density at radius 1 is 1.21 bits per heavy atom. The van der Waals surface area contributed by atoms with Gasteiger partial charge in [0.25, 0.3) is 0 Å². The number of rotatable bonds is 6. The van der Waals surface area contributed by atoms with Crippen LogP contribution in [0.5, 0.6) is 0 Å². The van der Waals surface area contributed by atoms with Crippen LogP contribution in [0.15, 0.2) is 46.9 Å². The average molecular weight is 370 g/mol. The maximum Gasteiger partial charge on any atom is 0.246 e. The van der Waals surface area contributed by atoms with Crippen molar-refractivity contribution in [2.45, 2.75) is 11.3 Å². The fraction of sp³-hybridized carbons (Fsp3) is 0.143. The summed E-state index contributed by atoms with van der Waals surface area (Å²) in [5.41, 5.74) is 0.655. The molecule has 6 nitrogen and oxygen atoms in total. The first-order valence-corrected chi connectivity index (χ1v) is 9.22. The summed E-state index contributed by atoms with van der Waals surface area (Å²) < 4.78 is 55.0. The monoisotopic (exact) mass is 370 g/mol. The maximum atomic E-state index is 13.6. The third-order valence-corrected chi connectivity index (χ3v) is 5.49. The van der Waals surface area contributed by atoms with Crippen LogP contribution < -0.4 is 4.72 Å². The highest BCUT2D eigenvalue weighted by atomic mass is 32.2. The Kier molecular flexibility index (Phi) is 4.69. The van der Waals surface area contributed by atoms with Crippen molar-refractivity contribution in [3.05, 3.63) is 59.4 Å². The Balaban J connectivity index is 1.66. The largest absolute Gasteiger partial charge is 0.246 e. The number of thiazole rings is 1. The van der Waals surface area contributed by atoms with Crippen LogP contribution in [0.3, 0.4) is 0 Å². The normalized spacial score (nSPS) is 11.8. The van der Waals surface area contributed by atoms with Crippen LogP contribution in [0, 0.1) is 11.6 Å². The van der Waals surface area contributed by atoms with E-state index in [2.05, 4.69) is 14.8 Å². The van der Waals surface area contributed by atoms with Gasteiger partial charge in [0, 0.05) is 30.7 Å². The first-order valence-electron chi connectivity index (χ1n) is 6.85. The van der Waals surface area contributed by atoms with Crippen LogP contribution in [0.1, 0.15) is 5.69 Å². The van der Waals surface area contributed by atoms with E-state index in [0.29, 0.717) is 10.8 Å². The van der Waals surface area contributed by atoms with Crippen LogP contribution in [-0.2, 0) is 16.4 Å². The molecule has 1 aromatic carbocycles. The molecule has 0 aliphatic rings. The van der Waals surface area contributed by atoms with Crippen molar-refractivity contribution in [1.29, 1.82) is 0 Å². The Labute approximate surface area is 140 Å². The number of hydrogen-bond acceptors (Lipinski definition) is 5. The van der Waals surface area contributed by atoms with Crippen molar-refractivity contribution in [2.75, 3.05) is 6.54 Å². The fourth-order valence-corrected chi connectivity index (χ4v) is 3.99. The molecule has 126 valence electrons. The zero-order valence-corrected chi connectivity index (χ0v) is 13.8. The smallest absolute Gasteiger partial charge is 0.223 e. The van der Waals surface area contributed by atoms with E-state index in [1.165, 1.54) is 11.3 Å². The van der Waals surface area contributed by atoms with Gasteiger partial charge in [-0.3, -0.25) is 0 Å². The molecule has 10 heteroatoms. The van der Waals surface area contributed by atoms with Crippen molar-refractivity contribution in [1.82, 2.24) is 19.5 Å². The topological polar surface area (TPSA) is 76.9 Å². The molecule has 3 aromatic rings. The quantitative estimate of drug-likeness (QED) is 0.721. The third-order valence-electron chi connectivity index (χ3n) is 3.10. The van der Waals surface area contributed by atoms with Crippen molar-refractivity contribution >= 4 is 21.4 Å². The second-order valence-corrected chi connectivity index (χ2v) is 7.31. The van der Waals surface area contributed by atoms with E-state index < -0.39 is 26.6 Å². The van der Waals surface area contributed by atoms with Crippen LogP contribution >= 0.6 is 11.3 Å². The molecule has 0 saturated carbocycles. The predicted molar refractivity (Wildman–Crippen MR) is 84.5 cm³/mol. The highest BCUT2D eigenvalue weighted by Crippen LogP contribution is 2.18. The molecule has 0 bridgehead atoms. The lowest BCUT2D eigenvalue weighted by Gasteiger charge is -2.07. The highest BCUT2D eigenvalue weighted by molar-refractivity contribution is 7.89. The van der Waals surface area contributed by atoms with Gasteiger partial charge in [-0.05, 0) is 18.2 Å². The summed E-state index contributed by atoms with van der Waals surface area (Å²) in [6.45, 7) is -0.0294. The van der Waals surface area contributed by atoms with E-state index >= 15 is 0 Å². The summed E-state index contributed by atoms with van der Waals surface area (Å²) >= 11 is 1.36. The molecule has 0 unspecified atom stereocenters. The molecule has 0 amide bonds. The lowest BCUT2D eigenvalue weighted by molar-refractivity contribution is 0.514. The molecular formula is C14H12F2N4O2S2. The second-order valence-electron chi connectivity index (χ2n) is 4.77. The van der Waals surface area contributed by atoms with Gasteiger partial charge in [-0.1, -0.05) is 6.07 Å². The van der Waals surface area contributed by atoms with E-state index in [1.807, 2.05) is 0 Å². The SMILES string of the molecule is O=S(=O)(NCCc1csc(-n2cccn2)n1)c1c(F)cccc1F. The summed E-state index contributed by atoms with van der Waals surface area (Å²) in [7, 11) is -4.27. The summed E-state index contributed by atoms with van der Waals surface area (Å²) in [6.07, 6.45) is 3.65. The standard InChI is InChI=1S/C14H12F2N4O2S2/c15-11-3-1-4-12(16)13(11)24(21,22)18-7-5-10-9-23-14(19-10)20-8-2-6-17-20/h1-4,6,8-9,18H,5,7H2. The molecule has 2 heterocycles. The number of nitrogens with zero attached hydrogens (tertiary/aromatic N) is 3. The van der Waals surface area contributed by atoms with E-state index in [0.717, 1.165) is 18.2 Å². The Morgan fingerprint density at radius 2 is 1.96 bits per heavy atom. The number of sulfonamides is 1. The van der Waals surface area contributed by atoms with E-state index in [9.17, 15) is 17.2 Å². The summed E-state index contributed by atoms with van der Waals surface area (Å²) in [4.78, 5) is 3.34. The minimum atomic E-state index is -4.27. The van der Waals surface area contributed by atoms with Crippen LogP contribution in [-0.4, -0.2) is 29.7 Å². The van der Waals surface area contributed by atoms with Gasteiger partial charge in [0.15, 0.2) is 4.90 Å². The number of hydrogen-bond donors (Lipinski definition) is 1. The van der Waals surface area contributed by atoms with E-state index in [4.69, 9.17) is 0 Å². The Bertz CT molecular complexity index is 919. The lowest BCUT2D eigenvalue weighted by Crippen LogP contribution is -2.27. The van der Waals surface area contributed by atoms with E-state index in [-0.39, 0.29) is 13.0 Å². The third kappa shape index (κ3) is 3.50. The molecule has 0 radical (unpaired) electrons. The van der Waals surface area contributed by atoms with Gasteiger partial charge in [0.2, 0.25) is 15.2 Å². The molecule has 24 heavy (non-hydrogen) atoms. The summed E-state index contributed by atoms with van der Waals surface area (Å²) in [5, 5.41) is 6.47. The van der Waals surface area contributed by atoms with E-state index in [1.54, 1.807) is 28.5 Å². The number of nitrogens with one attached hydrogen (secondary N) is 1. The molecule has 3 rings (SSSR count). The van der Waals surface area contributed by atoms with Crippen LogP contribution in [0.2, 0.25) is 0 Å². The van der Waals surface area contributed by atoms with Gasteiger partial charge in [-0.15, -0.1) is 11.3 Å². The van der Waals surface area contributed by atoms with Crippen molar-refractivity contribution in [2.24, 2.45) is 0 Å². The molecular weight excluding hydrogens is 358 g/mol. The lowest BCUT2D eigenvalue weighted by atomic mass is 10.3. The van der Waals surface area contributed by atoms with Gasteiger partial charge in [0.1, 0.15) is 11.6 Å². The van der Waals surface area contributed by atoms with Gasteiger partial charge >= 0.3 is 0 Å². The van der Waals surface area contributed by atoms with Crippen molar-refractivity contribution in [3.8, 4) is 5.13 Å². The zero-order valence-electron chi connectivity index (χ0n) is 12.2. The molecule has 0 saturated heterocycles. The summed E-state index contributed by atoms with van der Waals surface area (Å²) in [6, 6.07) is 4.66. The molecule has 0 atom stereocenters. The number of halogens is 2. The minimum Gasteiger partial charge on any atom is -0.223 e. The zero-order chi connectivity index (χ0) is 17.2. The molecule has 0 fully saturated rings. The fourth-order valence-electron chi connectivity index (χ4n) is 2.02. The first kappa shape index (κ1) is 16.7. The molecule has 2 aromatic heterocycles. The van der Waals surface area contributed by atoms with Gasteiger partial charge in [-0.25, -0.2) is 31.6 Å². The summed E-state index contributed by atoms with van der Waals surface area (Å²) in [5.74, 6) is -2.26. The predicted octanol–water partition coefficient (Wildman–Crippen LogP) is 2.13. The molecule has 0 aliphatic heterocycles. The van der Waals surface area contributed by atoms with Crippen LogP contribution in [0.4, 0.5) is 8.78 Å². The Morgan fingerprint density at radius 3 is 2.62 bits per heavy atom. The highest BCUT2D eigenvalue weighted by Gasteiger charge is 2.23. The minimum absolute atomic E-state index is 0.0294. The van der Waals surface area contributed by atoms with Gasteiger partial charge in [-0.2, -0.15) is 5.10 Å². The number of aromatic nitrogens is 3. The first-order chi connectivity index (χ1) is 11.5. The molecule has 0 spiro atoms. The van der Waals surface area contributed by atoms with Crippen molar-refractivity contribution < 1.29 is 17.2 Å². The number of benzene rings is 1. The average Bonchev–Trinajstić information content (AvgIpc) is 3.17. The maximum absolute atomic E-state index is 13.6. The van der Waals surface area contributed by atoms with Crippen molar-refractivity contribution in [3.63, 3.8) is 0 Å². The Hall–Kier alpha value is -2.17. The van der Waals surface area contributed by atoms with Gasteiger partial charge in [0.05, 0.1) is 5.69 Å². The molecule has 0 aliphatic carbocycles. The second kappa shape index (κ2) is 6.75.